The third-order valence-electron chi connectivity index (χ3n) is 3.26. The van der Waals surface area contributed by atoms with Crippen molar-refractivity contribution < 1.29 is 5.21 Å². The quantitative estimate of drug-likeness (QED) is 0.391. The Bertz CT molecular complexity index is 658. The zero-order valence-corrected chi connectivity index (χ0v) is 11.6. The van der Waals surface area contributed by atoms with E-state index in [4.69, 9.17) is 10.9 Å². The Morgan fingerprint density at radius 2 is 2.10 bits per heavy atom. The van der Waals surface area contributed by atoms with Crippen molar-refractivity contribution in [2.45, 2.75) is 29.2 Å². The SMILES string of the molecule is N/C(=N/O)c1cc2c(nc1Sc1ccncc1)CCC2. The molecular formula is C14H14N4OS. The Morgan fingerprint density at radius 3 is 2.85 bits per heavy atom. The zero-order valence-electron chi connectivity index (χ0n) is 10.8. The van der Waals surface area contributed by atoms with E-state index < -0.39 is 0 Å². The van der Waals surface area contributed by atoms with Crippen LogP contribution < -0.4 is 5.73 Å². The number of pyridine rings is 2. The average Bonchev–Trinajstić information content (AvgIpc) is 2.94. The summed E-state index contributed by atoms with van der Waals surface area (Å²) in [4.78, 5) is 9.71. The summed E-state index contributed by atoms with van der Waals surface area (Å²) in [5.41, 5.74) is 8.79. The van der Waals surface area contributed by atoms with Crippen molar-refractivity contribution in [2.75, 3.05) is 0 Å². The second-order valence-electron chi connectivity index (χ2n) is 4.57. The lowest BCUT2D eigenvalue weighted by Gasteiger charge is -2.10. The van der Waals surface area contributed by atoms with Gasteiger partial charge >= 0.3 is 0 Å². The van der Waals surface area contributed by atoms with Gasteiger partial charge in [-0.15, -0.1) is 0 Å². The standard InChI is InChI=1S/C14H14N4OS/c15-13(18-19)11-8-9-2-1-3-12(9)17-14(11)20-10-4-6-16-7-5-10/h4-8,19H,1-3H2,(H2,15,18). The summed E-state index contributed by atoms with van der Waals surface area (Å²) in [6, 6.07) is 5.82. The minimum atomic E-state index is 0.101. The van der Waals surface area contributed by atoms with Gasteiger partial charge in [0.1, 0.15) is 5.03 Å². The molecule has 0 unspecified atom stereocenters. The predicted octanol–water partition coefficient (Wildman–Crippen LogP) is 2.21. The van der Waals surface area contributed by atoms with Crippen molar-refractivity contribution in [3.63, 3.8) is 0 Å². The first-order valence-electron chi connectivity index (χ1n) is 6.36. The lowest BCUT2D eigenvalue weighted by Crippen LogP contribution is -2.16. The molecule has 1 aliphatic rings. The number of aryl methyl sites for hydroxylation is 2. The van der Waals surface area contributed by atoms with E-state index >= 15 is 0 Å². The minimum absolute atomic E-state index is 0.101. The van der Waals surface area contributed by atoms with E-state index in [1.807, 2.05) is 18.2 Å². The number of amidine groups is 1. The number of hydrogen-bond acceptors (Lipinski definition) is 5. The van der Waals surface area contributed by atoms with Crippen LogP contribution in [0.4, 0.5) is 0 Å². The molecule has 3 rings (SSSR count). The highest BCUT2D eigenvalue weighted by Gasteiger charge is 2.19. The van der Waals surface area contributed by atoms with Gasteiger partial charge in [-0.3, -0.25) is 4.98 Å². The van der Waals surface area contributed by atoms with Crippen LogP contribution in [0.1, 0.15) is 23.2 Å². The van der Waals surface area contributed by atoms with Gasteiger partial charge in [-0.1, -0.05) is 16.9 Å². The Morgan fingerprint density at radius 1 is 1.30 bits per heavy atom. The number of oxime groups is 1. The van der Waals surface area contributed by atoms with E-state index in [-0.39, 0.29) is 5.84 Å². The Labute approximate surface area is 120 Å². The molecule has 0 radical (unpaired) electrons. The van der Waals surface area contributed by atoms with Gasteiger partial charge in [0, 0.05) is 23.0 Å². The van der Waals surface area contributed by atoms with Crippen LogP contribution in [0, 0.1) is 0 Å². The molecule has 0 aliphatic heterocycles. The van der Waals surface area contributed by atoms with E-state index in [0.717, 1.165) is 34.9 Å². The molecule has 3 N–H and O–H groups in total. The average molecular weight is 286 g/mol. The molecule has 5 nitrogen and oxygen atoms in total. The first-order valence-corrected chi connectivity index (χ1v) is 7.18. The van der Waals surface area contributed by atoms with Gasteiger partial charge in [0.05, 0.1) is 5.56 Å². The predicted molar refractivity (Wildman–Crippen MR) is 77.1 cm³/mol. The van der Waals surface area contributed by atoms with Crippen LogP contribution in [0.25, 0.3) is 0 Å². The molecule has 20 heavy (non-hydrogen) atoms. The summed E-state index contributed by atoms with van der Waals surface area (Å²) >= 11 is 1.50. The topological polar surface area (TPSA) is 84.4 Å². The maximum absolute atomic E-state index is 8.94. The highest BCUT2D eigenvalue weighted by atomic mass is 32.2. The minimum Gasteiger partial charge on any atom is -0.409 e. The molecule has 2 aromatic heterocycles. The molecule has 2 aromatic rings. The Kier molecular flexibility index (Phi) is 3.56. The fraction of sp³-hybridized carbons (Fsp3) is 0.214. The Hall–Kier alpha value is -2.08. The molecule has 0 fully saturated rings. The summed E-state index contributed by atoms with van der Waals surface area (Å²) < 4.78 is 0. The molecule has 0 saturated heterocycles. The summed E-state index contributed by atoms with van der Waals surface area (Å²) in [6.07, 6.45) is 6.59. The molecule has 102 valence electrons. The maximum atomic E-state index is 8.94. The molecule has 0 amide bonds. The lowest BCUT2D eigenvalue weighted by atomic mass is 10.1. The molecule has 0 atom stereocenters. The highest BCUT2D eigenvalue weighted by molar-refractivity contribution is 7.99. The Balaban J connectivity index is 2.04. The number of nitrogens with two attached hydrogens (primary N) is 1. The van der Waals surface area contributed by atoms with Crippen molar-refractivity contribution in [2.24, 2.45) is 10.9 Å². The smallest absolute Gasteiger partial charge is 0.172 e. The second-order valence-corrected chi connectivity index (χ2v) is 5.63. The number of aromatic nitrogens is 2. The maximum Gasteiger partial charge on any atom is 0.172 e. The molecule has 0 bridgehead atoms. The van der Waals surface area contributed by atoms with Gasteiger partial charge in [-0.25, -0.2) is 4.98 Å². The van der Waals surface area contributed by atoms with Gasteiger partial charge in [-0.05, 0) is 43.0 Å². The molecule has 0 saturated carbocycles. The van der Waals surface area contributed by atoms with Crippen molar-refractivity contribution >= 4 is 17.6 Å². The van der Waals surface area contributed by atoms with Crippen molar-refractivity contribution in [1.82, 2.24) is 9.97 Å². The van der Waals surface area contributed by atoms with Crippen LogP contribution in [-0.4, -0.2) is 21.0 Å². The number of hydrogen-bond donors (Lipinski definition) is 2. The van der Waals surface area contributed by atoms with Crippen molar-refractivity contribution in [1.29, 1.82) is 0 Å². The molecule has 2 heterocycles. The number of rotatable bonds is 3. The summed E-state index contributed by atoms with van der Waals surface area (Å²) in [7, 11) is 0. The third kappa shape index (κ3) is 2.46. The summed E-state index contributed by atoms with van der Waals surface area (Å²) in [5, 5.41) is 12.8. The van der Waals surface area contributed by atoms with Crippen LogP contribution in [-0.2, 0) is 12.8 Å². The monoisotopic (exact) mass is 286 g/mol. The fourth-order valence-corrected chi connectivity index (χ4v) is 3.20. The zero-order chi connectivity index (χ0) is 13.9. The molecule has 6 heteroatoms. The largest absolute Gasteiger partial charge is 0.409 e. The van der Waals surface area contributed by atoms with E-state index in [9.17, 15) is 0 Å². The van der Waals surface area contributed by atoms with Crippen molar-refractivity contribution in [3.05, 3.63) is 47.4 Å². The molecule has 1 aliphatic carbocycles. The second kappa shape index (κ2) is 5.50. The van der Waals surface area contributed by atoms with E-state index in [1.165, 1.54) is 17.3 Å². The molecular weight excluding hydrogens is 272 g/mol. The van der Waals surface area contributed by atoms with Gasteiger partial charge in [-0.2, -0.15) is 0 Å². The van der Waals surface area contributed by atoms with E-state index in [1.54, 1.807) is 12.4 Å². The van der Waals surface area contributed by atoms with E-state index in [2.05, 4.69) is 15.1 Å². The normalized spacial score (nSPS) is 14.3. The molecule has 0 aromatic carbocycles. The first-order chi connectivity index (χ1) is 9.78. The summed E-state index contributed by atoms with van der Waals surface area (Å²) in [6.45, 7) is 0. The van der Waals surface area contributed by atoms with Gasteiger partial charge < -0.3 is 10.9 Å². The van der Waals surface area contributed by atoms with E-state index in [0.29, 0.717) is 5.56 Å². The number of fused-ring (bicyclic) bond motifs is 1. The van der Waals surface area contributed by atoms with Crippen LogP contribution in [0.5, 0.6) is 0 Å². The van der Waals surface area contributed by atoms with Crippen LogP contribution in [0.15, 0.2) is 45.7 Å². The number of nitrogens with zero attached hydrogens (tertiary/aromatic N) is 3. The van der Waals surface area contributed by atoms with Crippen molar-refractivity contribution in [3.8, 4) is 0 Å². The van der Waals surface area contributed by atoms with Crippen LogP contribution >= 0.6 is 11.8 Å². The summed E-state index contributed by atoms with van der Waals surface area (Å²) in [5.74, 6) is 0.101. The van der Waals surface area contributed by atoms with Gasteiger partial charge in [0.25, 0.3) is 0 Å². The van der Waals surface area contributed by atoms with Crippen LogP contribution in [0.3, 0.4) is 0 Å². The molecule has 0 spiro atoms. The highest BCUT2D eigenvalue weighted by Crippen LogP contribution is 2.32. The lowest BCUT2D eigenvalue weighted by molar-refractivity contribution is 0.318. The van der Waals surface area contributed by atoms with Crippen LogP contribution in [0.2, 0.25) is 0 Å². The van der Waals surface area contributed by atoms with Gasteiger partial charge in [0.2, 0.25) is 0 Å². The first kappa shape index (κ1) is 12.9. The van der Waals surface area contributed by atoms with Gasteiger partial charge in [0.15, 0.2) is 5.84 Å². The third-order valence-corrected chi connectivity index (χ3v) is 4.28. The fourth-order valence-electron chi connectivity index (χ4n) is 2.29.